The van der Waals surface area contributed by atoms with Crippen LogP contribution >= 0.6 is 24.0 Å². The van der Waals surface area contributed by atoms with Crippen molar-refractivity contribution in [1.82, 2.24) is 15.5 Å². The predicted octanol–water partition coefficient (Wildman–Crippen LogP) is 4.06. The number of rotatable bonds is 8. The predicted molar refractivity (Wildman–Crippen MR) is 126 cm³/mol. The molecule has 1 aromatic carbocycles. The van der Waals surface area contributed by atoms with Gasteiger partial charge >= 0.3 is 0 Å². The highest BCUT2D eigenvalue weighted by atomic mass is 127. The van der Waals surface area contributed by atoms with Crippen molar-refractivity contribution < 1.29 is 4.79 Å². The second-order valence-corrected chi connectivity index (χ2v) is 7.88. The van der Waals surface area contributed by atoms with Crippen LogP contribution in [0.2, 0.25) is 0 Å². The van der Waals surface area contributed by atoms with Crippen LogP contribution in [0, 0.1) is 5.92 Å². The minimum atomic E-state index is 0. The molecular weight excluding hydrogens is 463 g/mol. The largest absolute Gasteiger partial charge is 0.356 e. The molecule has 5 nitrogen and oxygen atoms in total. The van der Waals surface area contributed by atoms with Crippen LogP contribution < -0.4 is 10.6 Å². The van der Waals surface area contributed by atoms with Crippen molar-refractivity contribution >= 4 is 35.8 Å². The van der Waals surface area contributed by atoms with Gasteiger partial charge in [0.2, 0.25) is 5.91 Å². The summed E-state index contributed by atoms with van der Waals surface area (Å²) in [6, 6.07) is 8.48. The highest BCUT2D eigenvalue weighted by Gasteiger charge is 2.20. The number of aliphatic imine (C=N–C) groups is 1. The third-order valence-electron chi connectivity index (χ3n) is 5.78. The maximum absolute atomic E-state index is 11.8. The lowest BCUT2D eigenvalue weighted by Crippen LogP contribution is -2.37. The minimum absolute atomic E-state index is 0. The molecule has 1 saturated heterocycles. The SMILES string of the molecule is CN=C(NCCCC1CCCC1)NCc1cccc(CN2CCCC2=O)c1.I. The van der Waals surface area contributed by atoms with E-state index in [1.165, 1.54) is 49.7 Å². The summed E-state index contributed by atoms with van der Waals surface area (Å²) in [7, 11) is 1.82. The molecule has 0 aromatic heterocycles. The molecule has 0 radical (unpaired) electrons. The van der Waals surface area contributed by atoms with E-state index in [1.54, 1.807) is 0 Å². The quantitative estimate of drug-likeness (QED) is 0.246. The highest BCUT2D eigenvalue weighted by molar-refractivity contribution is 14.0. The van der Waals surface area contributed by atoms with E-state index in [4.69, 9.17) is 0 Å². The summed E-state index contributed by atoms with van der Waals surface area (Å²) in [6.07, 6.45) is 9.93. The Bertz CT molecular complexity index is 643. The van der Waals surface area contributed by atoms with Gasteiger partial charge in [0.15, 0.2) is 5.96 Å². The Balaban J connectivity index is 0.00000280. The Labute approximate surface area is 186 Å². The van der Waals surface area contributed by atoms with Crippen molar-refractivity contribution in [2.24, 2.45) is 10.9 Å². The van der Waals surface area contributed by atoms with Crippen molar-refractivity contribution in [3.05, 3.63) is 35.4 Å². The average Bonchev–Trinajstić information content (AvgIpc) is 3.34. The molecule has 0 bridgehead atoms. The maximum atomic E-state index is 11.8. The minimum Gasteiger partial charge on any atom is -0.356 e. The summed E-state index contributed by atoms with van der Waals surface area (Å²) < 4.78 is 0. The third-order valence-corrected chi connectivity index (χ3v) is 5.78. The highest BCUT2D eigenvalue weighted by Crippen LogP contribution is 2.28. The Morgan fingerprint density at radius 3 is 2.68 bits per heavy atom. The first-order valence-corrected chi connectivity index (χ1v) is 10.5. The topological polar surface area (TPSA) is 56.7 Å². The first kappa shape index (κ1) is 23.0. The molecule has 1 saturated carbocycles. The lowest BCUT2D eigenvalue weighted by molar-refractivity contribution is -0.128. The molecule has 28 heavy (non-hydrogen) atoms. The Morgan fingerprint density at radius 2 is 1.96 bits per heavy atom. The molecule has 6 heteroatoms. The Kier molecular flexibility index (Phi) is 10.1. The van der Waals surface area contributed by atoms with Gasteiger partial charge in [0.1, 0.15) is 0 Å². The molecule has 0 atom stereocenters. The number of nitrogens with one attached hydrogen (secondary N) is 2. The molecule has 1 heterocycles. The fourth-order valence-electron chi connectivity index (χ4n) is 4.23. The number of hydrogen-bond acceptors (Lipinski definition) is 2. The number of benzene rings is 1. The van der Waals surface area contributed by atoms with E-state index in [0.717, 1.165) is 44.5 Å². The first-order valence-electron chi connectivity index (χ1n) is 10.5. The van der Waals surface area contributed by atoms with Crippen LogP contribution in [-0.2, 0) is 17.9 Å². The monoisotopic (exact) mass is 498 g/mol. The van der Waals surface area contributed by atoms with Gasteiger partial charge in [-0.15, -0.1) is 24.0 Å². The molecule has 2 aliphatic rings. The number of nitrogens with zero attached hydrogens (tertiary/aromatic N) is 2. The van der Waals surface area contributed by atoms with Gasteiger partial charge in [-0.2, -0.15) is 0 Å². The van der Waals surface area contributed by atoms with Crippen molar-refractivity contribution in [2.45, 2.75) is 64.5 Å². The Morgan fingerprint density at radius 1 is 1.18 bits per heavy atom. The molecule has 1 aromatic rings. The van der Waals surface area contributed by atoms with Crippen molar-refractivity contribution in [3.63, 3.8) is 0 Å². The maximum Gasteiger partial charge on any atom is 0.222 e. The third kappa shape index (κ3) is 7.26. The summed E-state index contributed by atoms with van der Waals surface area (Å²) in [5.41, 5.74) is 2.41. The standard InChI is InChI=1S/C22H34N4O.HI/c1-23-22(24-13-5-11-18-7-2-3-8-18)25-16-19-9-4-10-20(15-19)17-26-14-6-12-21(26)27;/h4,9-10,15,18H,2-3,5-8,11-14,16-17H2,1H3,(H2,23,24,25);1H. The van der Waals surface area contributed by atoms with Crippen LogP contribution in [-0.4, -0.2) is 36.9 Å². The van der Waals surface area contributed by atoms with Crippen LogP contribution in [0.3, 0.4) is 0 Å². The molecule has 2 N–H and O–H groups in total. The van der Waals surface area contributed by atoms with Gasteiger partial charge in [-0.05, 0) is 36.3 Å². The summed E-state index contributed by atoms with van der Waals surface area (Å²) in [4.78, 5) is 18.1. The number of carbonyl (C=O) groups excluding carboxylic acids is 1. The van der Waals surface area contributed by atoms with Crippen LogP contribution in [0.15, 0.2) is 29.3 Å². The zero-order valence-corrected chi connectivity index (χ0v) is 19.4. The Hall–Kier alpha value is -1.31. The molecule has 156 valence electrons. The van der Waals surface area contributed by atoms with Crippen molar-refractivity contribution in [1.29, 1.82) is 0 Å². The zero-order chi connectivity index (χ0) is 18.9. The smallest absolute Gasteiger partial charge is 0.222 e. The number of halogens is 1. The summed E-state index contributed by atoms with van der Waals surface area (Å²) in [6.45, 7) is 3.33. The average molecular weight is 498 g/mol. The van der Waals surface area contributed by atoms with Crippen LogP contribution in [0.1, 0.15) is 62.5 Å². The van der Waals surface area contributed by atoms with E-state index in [-0.39, 0.29) is 29.9 Å². The fraction of sp³-hybridized carbons (Fsp3) is 0.636. The van der Waals surface area contributed by atoms with Gasteiger partial charge in [-0.25, -0.2) is 0 Å². The molecule has 2 fully saturated rings. The number of carbonyl (C=O) groups is 1. The van der Waals surface area contributed by atoms with Crippen LogP contribution in [0.25, 0.3) is 0 Å². The molecule has 1 amide bonds. The van der Waals surface area contributed by atoms with Gasteiger partial charge in [-0.1, -0.05) is 49.9 Å². The van der Waals surface area contributed by atoms with Gasteiger partial charge in [0.25, 0.3) is 0 Å². The number of likely N-dealkylation sites (tertiary alicyclic amines) is 1. The van der Waals surface area contributed by atoms with Crippen molar-refractivity contribution in [3.8, 4) is 0 Å². The molecule has 0 unspecified atom stereocenters. The summed E-state index contributed by atoms with van der Waals surface area (Å²) >= 11 is 0. The number of hydrogen-bond donors (Lipinski definition) is 2. The number of guanidine groups is 1. The summed E-state index contributed by atoms with van der Waals surface area (Å²) in [5, 5.41) is 6.83. The normalized spacial score (nSPS) is 17.7. The second kappa shape index (κ2) is 12.3. The van der Waals surface area contributed by atoms with Gasteiger partial charge in [0.05, 0.1) is 0 Å². The molecule has 1 aliphatic carbocycles. The lowest BCUT2D eigenvalue weighted by atomic mass is 10.0. The van der Waals surface area contributed by atoms with Gasteiger partial charge in [-0.3, -0.25) is 9.79 Å². The van der Waals surface area contributed by atoms with Crippen LogP contribution in [0.4, 0.5) is 0 Å². The summed E-state index contributed by atoms with van der Waals surface area (Å²) in [5.74, 6) is 2.09. The first-order chi connectivity index (χ1) is 13.2. The zero-order valence-electron chi connectivity index (χ0n) is 17.1. The van der Waals surface area contributed by atoms with Crippen LogP contribution in [0.5, 0.6) is 0 Å². The lowest BCUT2D eigenvalue weighted by Gasteiger charge is -2.17. The van der Waals surface area contributed by atoms with E-state index in [9.17, 15) is 4.79 Å². The van der Waals surface area contributed by atoms with Crippen molar-refractivity contribution in [2.75, 3.05) is 20.1 Å². The second-order valence-electron chi connectivity index (χ2n) is 7.88. The van der Waals surface area contributed by atoms with Gasteiger partial charge < -0.3 is 15.5 Å². The molecular formula is C22H35IN4O. The molecule has 0 spiro atoms. The van der Waals surface area contributed by atoms with E-state index >= 15 is 0 Å². The number of amides is 1. The van der Waals surface area contributed by atoms with E-state index < -0.39 is 0 Å². The molecule has 3 rings (SSSR count). The van der Waals surface area contributed by atoms with Gasteiger partial charge in [0, 0.05) is 39.6 Å². The fourth-order valence-corrected chi connectivity index (χ4v) is 4.23. The van der Waals surface area contributed by atoms with E-state index in [2.05, 4.69) is 39.9 Å². The van der Waals surface area contributed by atoms with E-state index in [1.807, 2.05) is 11.9 Å². The molecule has 1 aliphatic heterocycles. The van der Waals surface area contributed by atoms with E-state index in [0.29, 0.717) is 6.42 Å².